The lowest BCUT2D eigenvalue weighted by Crippen LogP contribution is -2.40. The van der Waals surface area contributed by atoms with Gasteiger partial charge in [-0.1, -0.05) is 36.8 Å². The van der Waals surface area contributed by atoms with Crippen LogP contribution in [0.3, 0.4) is 0 Å². The summed E-state index contributed by atoms with van der Waals surface area (Å²) in [5.74, 6) is 0.379. The summed E-state index contributed by atoms with van der Waals surface area (Å²) in [6.45, 7) is 0. The van der Waals surface area contributed by atoms with Crippen molar-refractivity contribution in [1.82, 2.24) is 0 Å². The summed E-state index contributed by atoms with van der Waals surface area (Å²) in [6.07, 6.45) is 4.27. The first-order chi connectivity index (χ1) is 7.73. The number of aliphatic carboxylic acids is 1. The van der Waals surface area contributed by atoms with Gasteiger partial charge in [0, 0.05) is 0 Å². The van der Waals surface area contributed by atoms with E-state index in [0.29, 0.717) is 11.8 Å². The number of hydrogen-bond donors (Lipinski definition) is 1. The van der Waals surface area contributed by atoms with Crippen LogP contribution in [0.5, 0.6) is 0 Å². The maximum atomic E-state index is 11.7. The molecule has 1 aromatic rings. The SMILES string of the molecule is O=C(O)[C@]1(c2ccccc2)C[C@H]2CC[C@@H]1C2. The number of hydrogen-bond acceptors (Lipinski definition) is 1. The molecule has 1 N–H and O–H groups in total. The van der Waals surface area contributed by atoms with Gasteiger partial charge in [-0.25, -0.2) is 0 Å². The number of benzene rings is 1. The van der Waals surface area contributed by atoms with Crippen molar-refractivity contribution in [1.29, 1.82) is 0 Å². The summed E-state index contributed by atoms with van der Waals surface area (Å²) < 4.78 is 0. The molecule has 0 unspecified atom stereocenters. The predicted molar refractivity (Wildman–Crippen MR) is 61.2 cm³/mol. The zero-order valence-electron chi connectivity index (χ0n) is 9.23. The third-order valence-electron chi connectivity index (χ3n) is 4.52. The van der Waals surface area contributed by atoms with Crippen LogP contribution in [0, 0.1) is 11.8 Å². The molecule has 16 heavy (non-hydrogen) atoms. The second-order valence-corrected chi connectivity index (χ2v) is 5.22. The molecule has 2 aliphatic carbocycles. The molecule has 1 aromatic carbocycles. The molecule has 0 heterocycles. The fourth-order valence-corrected chi connectivity index (χ4v) is 3.80. The van der Waals surface area contributed by atoms with E-state index in [9.17, 15) is 9.90 Å². The van der Waals surface area contributed by atoms with Crippen molar-refractivity contribution in [3.8, 4) is 0 Å². The topological polar surface area (TPSA) is 37.3 Å². The van der Waals surface area contributed by atoms with Crippen LogP contribution in [0.15, 0.2) is 30.3 Å². The number of carbonyl (C=O) groups is 1. The fraction of sp³-hybridized carbons (Fsp3) is 0.500. The smallest absolute Gasteiger partial charge is 0.314 e. The Bertz CT molecular complexity index is 412. The van der Waals surface area contributed by atoms with Crippen LogP contribution in [0.2, 0.25) is 0 Å². The number of fused-ring (bicyclic) bond motifs is 2. The van der Waals surface area contributed by atoms with Crippen LogP contribution in [0.1, 0.15) is 31.2 Å². The van der Waals surface area contributed by atoms with Crippen molar-refractivity contribution >= 4 is 5.97 Å². The summed E-state index contributed by atoms with van der Waals surface area (Å²) >= 11 is 0. The summed E-state index contributed by atoms with van der Waals surface area (Å²) in [5, 5.41) is 9.64. The first kappa shape index (κ1) is 9.88. The molecular formula is C14H16O2. The molecule has 2 saturated carbocycles. The maximum Gasteiger partial charge on any atom is 0.314 e. The minimum absolute atomic E-state index is 0.359. The average Bonchev–Trinajstić information content (AvgIpc) is 2.90. The Morgan fingerprint density at radius 3 is 2.50 bits per heavy atom. The molecule has 2 nitrogen and oxygen atoms in total. The molecule has 0 amide bonds. The third-order valence-corrected chi connectivity index (χ3v) is 4.52. The second-order valence-electron chi connectivity index (χ2n) is 5.22. The minimum atomic E-state index is -0.620. The monoisotopic (exact) mass is 216 g/mol. The Balaban J connectivity index is 2.08. The maximum absolute atomic E-state index is 11.7. The van der Waals surface area contributed by atoms with Gasteiger partial charge in [-0.2, -0.15) is 0 Å². The van der Waals surface area contributed by atoms with Gasteiger partial charge in [0.1, 0.15) is 0 Å². The van der Waals surface area contributed by atoms with Crippen molar-refractivity contribution in [2.45, 2.75) is 31.1 Å². The molecule has 0 aromatic heterocycles. The average molecular weight is 216 g/mol. The van der Waals surface area contributed by atoms with E-state index in [1.807, 2.05) is 30.3 Å². The van der Waals surface area contributed by atoms with Gasteiger partial charge in [-0.05, 0) is 36.7 Å². The van der Waals surface area contributed by atoms with Crippen LogP contribution < -0.4 is 0 Å². The minimum Gasteiger partial charge on any atom is -0.481 e. The van der Waals surface area contributed by atoms with E-state index in [-0.39, 0.29) is 0 Å². The third kappa shape index (κ3) is 1.16. The highest BCUT2D eigenvalue weighted by Crippen LogP contribution is 2.57. The highest BCUT2D eigenvalue weighted by Gasteiger charge is 2.56. The standard InChI is InChI=1S/C14H16O2/c15-13(16)14(11-4-2-1-3-5-11)9-10-6-7-12(14)8-10/h1-5,10,12H,6-9H2,(H,15,16)/t10-,12+,14-/m0/s1. The Morgan fingerprint density at radius 1 is 1.25 bits per heavy atom. The number of carboxylic acids is 1. The summed E-state index contributed by atoms with van der Waals surface area (Å²) in [6, 6.07) is 9.81. The first-order valence-corrected chi connectivity index (χ1v) is 6.02. The molecule has 3 rings (SSSR count). The molecule has 2 fully saturated rings. The Labute approximate surface area is 95.3 Å². The lowest BCUT2D eigenvalue weighted by atomic mass is 9.68. The van der Waals surface area contributed by atoms with Gasteiger partial charge in [-0.3, -0.25) is 4.79 Å². The largest absolute Gasteiger partial charge is 0.481 e. The molecule has 0 spiro atoms. The predicted octanol–water partition coefficient (Wildman–Crippen LogP) is 2.83. The molecule has 3 atom stereocenters. The van der Waals surface area contributed by atoms with Crippen LogP contribution in [-0.4, -0.2) is 11.1 Å². The zero-order valence-corrected chi connectivity index (χ0v) is 9.23. The van der Waals surface area contributed by atoms with Gasteiger partial charge in [0.2, 0.25) is 0 Å². The highest BCUT2D eigenvalue weighted by molar-refractivity contribution is 5.82. The van der Waals surface area contributed by atoms with Crippen molar-refractivity contribution in [3.05, 3.63) is 35.9 Å². The fourth-order valence-electron chi connectivity index (χ4n) is 3.80. The summed E-state index contributed by atoms with van der Waals surface area (Å²) in [5.41, 5.74) is 0.430. The molecule has 84 valence electrons. The van der Waals surface area contributed by atoms with Crippen LogP contribution in [-0.2, 0) is 10.2 Å². The highest BCUT2D eigenvalue weighted by atomic mass is 16.4. The molecule has 2 bridgehead atoms. The van der Waals surface area contributed by atoms with Gasteiger partial charge >= 0.3 is 5.97 Å². The molecular weight excluding hydrogens is 200 g/mol. The molecule has 2 aliphatic rings. The van der Waals surface area contributed by atoms with Crippen LogP contribution in [0.4, 0.5) is 0 Å². The molecule has 0 aliphatic heterocycles. The van der Waals surface area contributed by atoms with Crippen LogP contribution in [0.25, 0.3) is 0 Å². The van der Waals surface area contributed by atoms with Gasteiger partial charge in [0.15, 0.2) is 0 Å². The van der Waals surface area contributed by atoms with E-state index in [1.54, 1.807) is 0 Å². The normalized spacial score (nSPS) is 36.5. The van der Waals surface area contributed by atoms with Crippen molar-refractivity contribution in [3.63, 3.8) is 0 Å². The van der Waals surface area contributed by atoms with E-state index in [2.05, 4.69) is 0 Å². The lowest BCUT2D eigenvalue weighted by molar-refractivity contribution is -0.146. The number of carboxylic acid groups (broad SMARTS) is 1. The Hall–Kier alpha value is -1.31. The quantitative estimate of drug-likeness (QED) is 0.825. The lowest BCUT2D eigenvalue weighted by Gasteiger charge is -2.34. The molecule has 2 heteroatoms. The van der Waals surface area contributed by atoms with E-state index in [0.717, 1.165) is 24.8 Å². The second kappa shape index (κ2) is 3.34. The first-order valence-electron chi connectivity index (χ1n) is 6.02. The summed E-state index contributed by atoms with van der Waals surface area (Å²) in [4.78, 5) is 11.7. The Morgan fingerprint density at radius 2 is 2.00 bits per heavy atom. The van der Waals surface area contributed by atoms with E-state index >= 15 is 0 Å². The van der Waals surface area contributed by atoms with Crippen molar-refractivity contribution < 1.29 is 9.90 Å². The Kier molecular flexibility index (Phi) is 2.06. The van der Waals surface area contributed by atoms with E-state index in [1.165, 1.54) is 6.42 Å². The van der Waals surface area contributed by atoms with Crippen molar-refractivity contribution in [2.75, 3.05) is 0 Å². The van der Waals surface area contributed by atoms with Gasteiger partial charge in [-0.15, -0.1) is 0 Å². The zero-order chi connectivity index (χ0) is 11.2. The summed E-state index contributed by atoms with van der Waals surface area (Å²) in [7, 11) is 0. The number of rotatable bonds is 2. The van der Waals surface area contributed by atoms with E-state index < -0.39 is 11.4 Å². The van der Waals surface area contributed by atoms with Gasteiger partial charge in [0.05, 0.1) is 5.41 Å². The molecule has 0 saturated heterocycles. The van der Waals surface area contributed by atoms with Gasteiger partial charge < -0.3 is 5.11 Å². The van der Waals surface area contributed by atoms with Gasteiger partial charge in [0.25, 0.3) is 0 Å². The van der Waals surface area contributed by atoms with Crippen molar-refractivity contribution in [2.24, 2.45) is 11.8 Å². The van der Waals surface area contributed by atoms with Crippen LogP contribution >= 0.6 is 0 Å². The molecule has 0 radical (unpaired) electrons. The van der Waals surface area contributed by atoms with E-state index in [4.69, 9.17) is 0 Å².